The molecule has 0 saturated carbocycles. The Kier molecular flexibility index (Phi) is 3.82. The minimum Gasteiger partial charge on any atom is -0.512 e. The molecule has 1 aliphatic carbocycles. The highest BCUT2D eigenvalue weighted by Gasteiger charge is 2.18. The Bertz CT molecular complexity index is 547. The van der Waals surface area contributed by atoms with Crippen molar-refractivity contribution in [3.8, 4) is 0 Å². The van der Waals surface area contributed by atoms with Gasteiger partial charge in [-0.1, -0.05) is 17.7 Å². The lowest BCUT2D eigenvalue weighted by Crippen LogP contribution is -2.12. The molecule has 94 valence electrons. The molecule has 0 aliphatic heterocycles. The number of hydrogen-bond acceptors (Lipinski definition) is 3. The molecule has 2 rings (SSSR count). The van der Waals surface area contributed by atoms with E-state index in [2.05, 4.69) is 4.99 Å². The first-order chi connectivity index (χ1) is 8.58. The van der Waals surface area contributed by atoms with Crippen LogP contribution < -0.4 is 0 Å². The smallest absolute Gasteiger partial charge is 0.167 e. The van der Waals surface area contributed by atoms with Gasteiger partial charge in [-0.3, -0.25) is 9.79 Å². The van der Waals surface area contributed by atoms with Crippen LogP contribution in [0.15, 0.2) is 34.5 Å². The molecule has 0 atom stereocenters. The second kappa shape index (κ2) is 5.36. The molecule has 0 aromatic heterocycles. The summed E-state index contributed by atoms with van der Waals surface area (Å²) in [6.45, 7) is 1.91. The van der Waals surface area contributed by atoms with Crippen LogP contribution in [-0.2, 0) is 4.79 Å². The Morgan fingerprint density at radius 1 is 1.39 bits per heavy atom. The van der Waals surface area contributed by atoms with Crippen LogP contribution in [0.1, 0.15) is 24.8 Å². The lowest BCUT2D eigenvalue weighted by molar-refractivity contribution is -0.115. The van der Waals surface area contributed by atoms with E-state index in [0.29, 0.717) is 35.5 Å². The van der Waals surface area contributed by atoms with E-state index in [1.165, 1.54) is 6.21 Å². The minimum atomic E-state index is -0.0549. The van der Waals surface area contributed by atoms with Gasteiger partial charge in [0.05, 0.1) is 11.3 Å². The first-order valence-electron chi connectivity index (χ1n) is 5.83. The average Bonchev–Trinajstić information content (AvgIpc) is 2.33. The standard InChI is InChI=1S/C14H14ClNO2/c1-9-5-6-10(7-12(9)15)16-8-11-13(17)3-2-4-14(11)18/h5-8,17H,2-4H2,1H3. The summed E-state index contributed by atoms with van der Waals surface area (Å²) < 4.78 is 0. The lowest BCUT2D eigenvalue weighted by Gasteiger charge is -2.11. The molecule has 0 amide bonds. The maximum Gasteiger partial charge on any atom is 0.167 e. The SMILES string of the molecule is Cc1ccc(N=CC2=C(O)CCCC2=O)cc1Cl. The third-order valence-corrected chi connectivity index (χ3v) is 3.33. The van der Waals surface area contributed by atoms with E-state index in [0.717, 1.165) is 5.56 Å². The van der Waals surface area contributed by atoms with E-state index in [-0.39, 0.29) is 11.5 Å². The molecule has 3 nitrogen and oxygen atoms in total. The summed E-state index contributed by atoms with van der Waals surface area (Å²) in [4.78, 5) is 15.8. The van der Waals surface area contributed by atoms with Gasteiger partial charge in [0.25, 0.3) is 0 Å². The molecule has 1 aromatic rings. The topological polar surface area (TPSA) is 49.7 Å². The van der Waals surface area contributed by atoms with E-state index in [9.17, 15) is 9.90 Å². The second-order valence-corrected chi connectivity index (χ2v) is 4.74. The van der Waals surface area contributed by atoms with Crippen molar-refractivity contribution >= 4 is 29.3 Å². The van der Waals surface area contributed by atoms with Gasteiger partial charge in [0.2, 0.25) is 0 Å². The minimum absolute atomic E-state index is 0.0549. The molecule has 1 aliphatic rings. The normalized spacial score (nSPS) is 16.7. The number of nitrogens with zero attached hydrogens (tertiary/aromatic N) is 1. The lowest BCUT2D eigenvalue weighted by atomic mass is 9.97. The number of halogens is 1. The fourth-order valence-electron chi connectivity index (χ4n) is 1.79. The average molecular weight is 264 g/mol. The Hall–Kier alpha value is -1.61. The molecule has 0 heterocycles. The van der Waals surface area contributed by atoms with Gasteiger partial charge >= 0.3 is 0 Å². The molecule has 4 heteroatoms. The molecule has 0 saturated heterocycles. The summed E-state index contributed by atoms with van der Waals surface area (Å²) in [5.41, 5.74) is 1.97. The van der Waals surface area contributed by atoms with E-state index >= 15 is 0 Å². The Morgan fingerprint density at radius 2 is 2.17 bits per heavy atom. The maximum atomic E-state index is 11.6. The number of aliphatic imine (C=N–C) groups is 1. The third-order valence-electron chi connectivity index (χ3n) is 2.93. The number of aliphatic hydroxyl groups excluding tert-OH is 1. The first kappa shape index (κ1) is 12.8. The van der Waals surface area contributed by atoms with E-state index in [1.807, 2.05) is 19.1 Å². The number of aliphatic hydroxyl groups is 1. The van der Waals surface area contributed by atoms with Crippen LogP contribution in [0.25, 0.3) is 0 Å². The zero-order valence-corrected chi connectivity index (χ0v) is 10.9. The second-order valence-electron chi connectivity index (χ2n) is 4.33. The van der Waals surface area contributed by atoms with Crippen molar-refractivity contribution < 1.29 is 9.90 Å². The summed E-state index contributed by atoms with van der Waals surface area (Å²) in [5, 5.41) is 10.3. The Labute approximate surface area is 111 Å². The number of aryl methyl sites for hydroxylation is 1. The van der Waals surface area contributed by atoms with Crippen LogP contribution in [0.4, 0.5) is 5.69 Å². The molecule has 0 fully saturated rings. The molecule has 0 unspecified atom stereocenters. The highest BCUT2D eigenvalue weighted by atomic mass is 35.5. The van der Waals surface area contributed by atoms with Crippen LogP contribution >= 0.6 is 11.6 Å². The maximum absolute atomic E-state index is 11.6. The third kappa shape index (κ3) is 2.79. The number of carbonyl (C=O) groups is 1. The summed E-state index contributed by atoms with van der Waals surface area (Å²) >= 11 is 5.99. The van der Waals surface area contributed by atoms with Gasteiger partial charge in [0.15, 0.2) is 5.78 Å². The van der Waals surface area contributed by atoms with Gasteiger partial charge in [-0.05, 0) is 31.0 Å². The van der Waals surface area contributed by atoms with E-state index in [1.54, 1.807) is 6.07 Å². The van der Waals surface area contributed by atoms with Crippen LogP contribution in [0.2, 0.25) is 5.02 Å². The van der Waals surface area contributed by atoms with Gasteiger partial charge in [-0.15, -0.1) is 0 Å². The molecule has 18 heavy (non-hydrogen) atoms. The first-order valence-corrected chi connectivity index (χ1v) is 6.21. The van der Waals surface area contributed by atoms with Crippen molar-refractivity contribution in [2.24, 2.45) is 4.99 Å². The molecular formula is C14H14ClNO2. The van der Waals surface area contributed by atoms with Crippen molar-refractivity contribution in [2.45, 2.75) is 26.2 Å². The highest BCUT2D eigenvalue weighted by molar-refractivity contribution is 6.31. The summed E-state index contributed by atoms with van der Waals surface area (Å²) in [7, 11) is 0. The van der Waals surface area contributed by atoms with Crippen LogP contribution in [-0.4, -0.2) is 17.1 Å². The number of carbonyl (C=O) groups excluding carboxylic acids is 1. The molecule has 0 radical (unpaired) electrons. The fourth-order valence-corrected chi connectivity index (χ4v) is 1.97. The highest BCUT2D eigenvalue weighted by Crippen LogP contribution is 2.23. The number of rotatable bonds is 2. The zero-order valence-electron chi connectivity index (χ0n) is 10.1. The fraction of sp³-hybridized carbons (Fsp3) is 0.286. The number of ketones is 1. The van der Waals surface area contributed by atoms with Crippen molar-refractivity contribution in [3.05, 3.63) is 40.1 Å². The number of hydrogen-bond donors (Lipinski definition) is 1. The van der Waals surface area contributed by atoms with Crippen LogP contribution in [0.3, 0.4) is 0 Å². The quantitative estimate of drug-likeness (QED) is 0.822. The molecule has 1 N–H and O–H groups in total. The van der Waals surface area contributed by atoms with Crippen molar-refractivity contribution in [2.75, 3.05) is 0 Å². The number of Topliss-reactive ketones (excluding diaryl/α,β-unsaturated/α-hetero) is 1. The van der Waals surface area contributed by atoms with Crippen LogP contribution in [0.5, 0.6) is 0 Å². The summed E-state index contributed by atoms with van der Waals surface area (Å²) in [6, 6.07) is 5.42. The van der Waals surface area contributed by atoms with Crippen LogP contribution in [0, 0.1) is 6.92 Å². The largest absolute Gasteiger partial charge is 0.512 e. The zero-order chi connectivity index (χ0) is 13.1. The predicted molar refractivity (Wildman–Crippen MR) is 72.9 cm³/mol. The monoisotopic (exact) mass is 263 g/mol. The Balaban J connectivity index is 2.25. The number of benzene rings is 1. The molecular weight excluding hydrogens is 250 g/mol. The van der Waals surface area contributed by atoms with E-state index < -0.39 is 0 Å². The van der Waals surface area contributed by atoms with E-state index in [4.69, 9.17) is 11.6 Å². The van der Waals surface area contributed by atoms with Gasteiger partial charge < -0.3 is 5.11 Å². The van der Waals surface area contributed by atoms with Gasteiger partial charge in [0.1, 0.15) is 5.76 Å². The van der Waals surface area contributed by atoms with Crippen molar-refractivity contribution in [1.82, 2.24) is 0 Å². The molecule has 0 bridgehead atoms. The number of allylic oxidation sites excluding steroid dienone is 2. The van der Waals surface area contributed by atoms with Crippen molar-refractivity contribution in [3.63, 3.8) is 0 Å². The predicted octanol–water partition coefficient (Wildman–Crippen LogP) is 3.92. The molecule has 0 spiro atoms. The van der Waals surface area contributed by atoms with Gasteiger partial charge in [0, 0.05) is 24.1 Å². The summed E-state index contributed by atoms with van der Waals surface area (Å²) in [5.74, 6) is 0.0777. The molecule has 1 aromatic carbocycles. The summed E-state index contributed by atoms with van der Waals surface area (Å²) in [6.07, 6.45) is 3.15. The van der Waals surface area contributed by atoms with Crippen molar-refractivity contribution in [1.29, 1.82) is 0 Å². The van der Waals surface area contributed by atoms with Gasteiger partial charge in [-0.25, -0.2) is 0 Å². The Morgan fingerprint density at radius 3 is 2.83 bits per heavy atom. The van der Waals surface area contributed by atoms with Gasteiger partial charge in [-0.2, -0.15) is 0 Å².